The average Bonchev–Trinajstić information content (AvgIpc) is 3.72. The lowest BCUT2D eigenvalue weighted by molar-refractivity contribution is 0.620. The second-order valence-electron chi connectivity index (χ2n) is 10.4. The van der Waals surface area contributed by atoms with Crippen LogP contribution in [-0.4, -0.2) is 9.55 Å². The molecule has 9 aromatic rings. The molecule has 3 aromatic heterocycles. The molecule has 0 atom stereocenters. The summed E-state index contributed by atoms with van der Waals surface area (Å²) in [5.74, 6) is 0.622. The Balaban J connectivity index is 1.31. The van der Waals surface area contributed by atoms with Crippen LogP contribution in [0.15, 0.2) is 142 Å². The number of oxazole rings is 1. The van der Waals surface area contributed by atoms with Crippen LogP contribution in [0.2, 0.25) is 0 Å². The van der Waals surface area contributed by atoms with E-state index in [1.54, 1.807) is 0 Å². The maximum Gasteiger partial charge on any atom is 0.227 e. The normalized spacial score (nSPS) is 11.9. The minimum atomic E-state index is 0.622. The van der Waals surface area contributed by atoms with Gasteiger partial charge in [-0.1, -0.05) is 78.9 Å². The van der Waals surface area contributed by atoms with Gasteiger partial charge in [-0.3, -0.25) is 0 Å². The highest BCUT2D eigenvalue weighted by Crippen LogP contribution is 2.41. The van der Waals surface area contributed by atoms with Crippen molar-refractivity contribution in [2.75, 3.05) is 0 Å². The first kappa shape index (κ1) is 22.2. The van der Waals surface area contributed by atoms with Crippen LogP contribution in [0.4, 0.5) is 0 Å². The lowest BCUT2D eigenvalue weighted by Crippen LogP contribution is -1.97. The molecule has 0 aliphatic rings. The molecule has 41 heavy (non-hydrogen) atoms. The molecule has 6 aromatic carbocycles. The fourth-order valence-electron chi connectivity index (χ4n) is 6.15. The minimum absolute atomic E-state index is 0.622. The Kier molecular flexibility index (Phi) is 4.58. The molecule has 0 unspecified atom stereocenters. The van der Waals surface area contributed by atoms with E-state index < -0.39 is 0 Å². The summed E-state index contributed by atoms with van der Waals surface area (Å²) in [4.78, 5) is 4.70. The van der Waals surface area contributed by atoms with E-state index in [1.165, 1.54) is 10.8 Å². The van der Waals surface area contributed by atoms with Crippen molar-refractivity contribution in [3.8, 4) is 28.3 Å². The molecule has 3 heterocycles. The van der Waals surface area contributed by atoms with E-state index in [0.29, 0.717) is 5.89 Å². The second-order valence-corrected chi connectivity index (χ2v) is 10.4. The first-order valence-electron chi connectivity index (χ1n) is 13.7. The van der Waals surface area contributed by atoms with E-state index in [9.17, 15) is 0 Å². The molecule has 0 N–H and O–H groups in total. The fourth-order valence-corrected chi connectivity index (χ4v) is 6.15. The summed E-state index contributed by atoms with van der Waals surface area (Å²) in [6, 6.07) is 46.3. The van der Waals surface area contributed by atoms with Gasteiger partial charge in [0.25, 0.3) is 0 Å². The van der Waals surface area contributed by atoms with Gasteiger partial charge in [0, 0.05) is 38.7 Å². The van der Waals surface area contributed by atoms with Crippen molar-refractivity contribution in [1.82, 2.24) is 9.55 Å². The molecule has 0 fully saturated rings. The lowest BCUT2D eigenvalue weighted by atomic mass is 9.99. The number of nitrogens with zero attached hydrogens (tertiary/aromatic N) is 2. The van der Waals surface area contributed by atoms with Gasteiger partial charge in [-0.2, -0.15) is 0 Å². The summed E-state index contributed by atoms with van der Waals surface area (Å²) in [5, 5.41) is 4.67. The van der Waals surface area contributed by atoms with Gasteiger partial charge in [0.2, 0.25) is 5.89 Å². The number of para-hydroxylation sites is 5. The van der Waals surface area contributed by atoms with Crippen molar-refractivity contribution >= 4 is 54.8 Å². The van der Waals surface area contributed by atoms with Gasteiger partial charge < -0.3 is 13.4 Å². The Labute approximate surface area is 234 Å². The molecule has 4 nitrogen and oxygen atoms in total. The standard InChI is InChI=1S/C37H22N2O2/c1-5-13-31-25(9-1)26-10-2-6-14-32(26)39(31)33-22-36-29(27-11-3-7-15-34(27)40-36)21-28(33)23-17-19-24(20-18-23)37-38-30-12-4-8-16-35(30)41-37/h1-22H. The third-order valence-electron chi connectivity index (χ3n) is 8.05. The van der Waals surface area contributed by atoms with Crippen molar-refractivity contribution < 1.29 is 8.83 Å². The number of furan rings is 1. The van der Waals surface area contributed by atoms with Crippen LogP contribution in [0.3, 0.4) is 0 Å². The van der Waals surface area contributed by atoms with Crippen LogP contribution in [0, 0.1) is 0 Å². The summed E-state index contributed by atoms with van der Waals surface area (Å²) in [7, 11) is 0. The van der Waals surface area contributed by atoms with Crippen LogP contribution in [0.5, 0.6) is 0 Å². The topological polar surface area (TPSA) is 44.1 Å². The lowest BCUT2D eigenvalue weighted by Gasteiger charge is -2.15. The Morgan fingerprint density at radius 3 is 1.80 bits per heavy atom. The maximum absolute atomic E-state index is 6.38. The molecule has 0 spiro atoms. The Morgan fingerprint density at radius 1 is 0.463 bits per heavy atom. The van der Waals surface area contributed by atoms with Gasteiger partial charge >= 0.3 is 0 Å². The first-order valence-corrected chi connectivity index (χ1v) is 13.7. The van der Waals surface area contributed by atoms with Crippen LogP contribution in [0.25, 0.3) is 83.1 Å². The molecule has 4 heteroatoms. The largest absolute Gasteiger partial charge is 0.456 e. The number of hydrogen-bond acceptors (Lipinski definition) is 3. The number of aromatic nitrogens is 2. The zero-order valence-electron chi connectivity index (χ0n) is 21.9. The monoisotopic (exact) mass is 526 g/mol. The summed E-state index contributed by atoms with van der Waals surface area (Å²) < 4.78 is 14.8. The predicted octanol–water partition coefficient (Wildman–Crippen LogP) is 10.2. The quantitative estimate of drug-likeness (QED) is 0.230. The molecule has 0 bridgehead atoms. The second kappa shape index (κ2) is 8.44. The number of rotatable bonds is 3. The van der Waals surface area contributed by atoms with Crippen molar-refractivity contribution in [2.24, 2.45) is 0 Å². The molecule has 0 radical (unpaired) electrons. The third-order valence-corrected chi connectivity index (χ3v) is 8.05. The van der Waals surface area contributed by atoms with Gasteiger partial charge in [-0.15, -0.1) is 0 Å². The van der Waals surface area contributed by atoms with Gasteiger partial charge in [-0.25, -0.2) is 4.98 Å². The molecule has 0 saturated carbocycles. The number of benzene rings is 6. The fraction of sp³-hybridized carbons (Fsp3) is 0. The van der Waals surface area contributed by atoms with E-state index in [-0.39, 0.29) is 0 Å². The van der Waals surface area contributed by atoms with Gasteiger partial charge in [0.15, 0.2) is 5.58 Å². The van der Waals surface area contributed by atoms with Crippen molar-refractivity contribution in [3.63, 3.8) is 0 Å². The van der Waals surface area contributed by atoms with E-state index in [2.05, 4.69) is 102 Å². The minimum Gasteiger partial charge on any atom is -0.456 e. The maximum atomic E-state index is 6.38. The highest BCUT2D eigenvalue weighted by atomic mass is 16.3. The number of fused-ring (bicyclic) bond motifs is 7. The molecule has 0 aliphatic heterocycles. The van der Waals surface area contributed by atoms with E-state index in [0.717, 1.165) is 66.4 Å². The van der Waals surface area contributed by atoms with E-state index in [4.69, 9.17) is 13.8 Å². The Bertz CT molecular complexity index is 2340. The number of hydrogen-bond donors (Lipinski definition) is 0. The third kappa shape index (κ3) is 3.31. The van der Waals surface area contributed by atoms with Crippen LogP contribution < -0.4 is 0 Å². The Hall–Kier alpha value is -5.61. The van der Waals surface area contributed by atoms with Gasteiger partial charge in [0.1, 0.15) is 16.7 Å². The van der Waals surface area contributed by atoms with Crippen molar-refractivity contribution in [3.05, 3.63) is 133 Å². The molecule has 0 amide bonds. The zero-order chi connectivity index (χ0) is 26.9. The van der Waals surface area contributed by atoms with Crippen molar-refractivity contribution in [1.29, 1.82) is 0 Å². The molecule has 9 rings (SSSR count). The molecule has 0 saturated heterocycles. The van der Waals surface area contributed by atoms with Crippen molar-refractivity contribution in [2.45, 2.75) is 0 Å². The highest BCUT2D eigenvalue weighted by Gasteiger charge is 2.19. The van der Waals surface area contributed by atoms with Crippen LogP contribution >= 0.6 is 0 Å². The molecule has 192 valence electrons. The summed E-state index contributed by atoms with van der Waals surface area (Å²) in [6.07, 6.45) is 0. The molecular formula is C37H22N2O2. The van der Waals surface area contributed by atoms with Crippen LogP contribution in [-0.2, 0) is 0 Å². The summed E-state index contributed by atoms with van der Waals surface area (Å²) in [6.45, 7) is 0. The smallest absolute Gasteiger partial charge is 0.227 e. The van der Waals surface area contributed by atoms with Gasteiger partial charge in [0.05, 0.1) is 16.7 Å². The van der Waals surface area contributed by atoms with Crippen LogP contribution in [0.1, 0.15) is 0 Å². The Morgan fingerprint density at radius 2 is 1.07 bits per heavy atom. The summed E-state index contributed by atoms with van der Waals surface area (Å²) >= 11 is 0. The zero-order valence-corrected chi connectivity index (χ0v) is 21.9. The summed E-state index contributed by atoms with van der Waals surface area (Å²) in [5.41, 5.74) is 9.97. The van der Waals surface area contributed by atoms with Gasteiger partial charge in [-0.05, 0) is 54.1 Å². The SMILES string of the molecule is c1ccc2oc(-c3ccc(-c4cc5c(cc4-n4c6ccccc6c6ccccc64)oc4ccccc45)cc3)nc2c1. The van der Waals surface area contributed by atoms with E-state index >= 15 is 0 Å². The highest BCUT2D eigenvalue weighted by molar-refractivity contribution is 6.12. The van der Waals surface area contributed by atoms with E-state index in [1.807, 2.05) is 36.4 Å². The average molecular weight is 527 g/mol. The molecule has 0 aliphatic carbocycles. The predicted molar refractivity (Wildman–Crippen MR) is 166 cm³/mol. The molecular weight excluding hydrogens is 504 g/mol. The first-order chi connectivity index (χ1) is 20.3.